The van der Waals surface area contributed by atoms with Crippen molar-refractivity contribution in [2.45, 2.75) is 64.2 Å². The standard InChI is InChI=1S/C16H30N2O/c19-16(10-9-15-7-1-2-8-15)17-11-3-4-12-18-13-5-6-14-18/h15H,1-14H2,(H,17,19). The minimum atomic E-state index is 0.271. The first-order chi connectivity index (χ1) is 9.34. The normalized spacial score (nSPS) is 21.1. The monoisotopic (exact) mass is 266 g/mol. The van der Waals surface area contributed by atoms with E-state index in [4.69, 9.17) is 0 Å². The Morgan fingerprint density at radius 3 is 2.53 bits per heavy atom. The van der Waals surface area contributed by atoms with Gasteiger partial charge in [0.2, 0.25) is 5.91 Å². The molecule has 1 heterocycles. The third kappa shape index (κ3) is 5.94. The van der Waals surface area contributed by atoms with Gasteiger partial charge in [-0.3, -0.25) is 4.79 Å². The van der Waals surface area contributed by atoms with Crippen LogP contribution in [0.3, 0.4) is 0 Å². The van der Waals surface area contributed by atoms with Crippen molar-refractivity contribution in [1.82, 2.24) is 10.2 Å². The fourth-order valence-corrected chi connectivity index (χ4v) is 3.42. The van der Waals surface area contributed by atoms with Gasteiger partial charge in [0.25, 0.3) is 0 Å². The molecule has 0 aromatic carbocycles. The van der Waals surface area contributed by atoms with Gasteiger partial charge < -0.3 is 10.2 Å². The highest BCUT2D eigenvalue weighted by Gasteiger charge is 2.16. The number of amides is 1. The largest absolute Gasteiger partial charge is 0.356 e. The highest BCUT2D eigenvalue weighted by molar-refractivity contribution is 5.75. The Balaban J connectivity index is 1.40. The van der Waals surface area contributed by atoms with Gasteiger partial charge in [-0.1, -0.05) is 25.7 Å². The van der Waals surface area contributed by atoms with E-state index >= 15 is 0 Å². The molecule has 1 N–H and O–H groups in total. The van der Waals surface area contributed by atoms with Crippen molar-refractivity contribution >= 4 is 5.91 Å². The fourth-order valence-electron chi connectivity index (χ4n) is 3.42. The molecule has 0 spiro atoms. The minimum absolute atomic E-state index is 0.271. The summed E-state index contributed by atoms with van der Waals surface area (Å²) < 4.78 is 0. The molecule has 3 heteroatoms. The van der Waals surface area contributed by atoms with Crippen LogP contribution < -0.4 is 5.32 Å². The quantitative estimate of drug-likeness (QED) is 0.685. The van der Waals surface area contributed by atoms with Gasteiger partial charge in [0.15, 0.2) is 0 Å². The van der Waals surface area contributed by atoms with Gasteiger partial charge in [-0.15, -0.1) is 0 Å². The Bertz CT molecular complexity index is 255. The molecule has 2 aliphatic rings. The summed E-state index contributed by atoms with van der Waals surface area (Å²) in [6, 6.07) is 0. The number of rotatable bonds is 8. The third-order valence-corrected chi connectivity index (χ3v) is 4.68. The zero-order valence-corrected chi connectivity index (χ0v) is 12.3. The van der Waals surface area contributed by atoms with Crippen LogP contribution in [0.1, 0.15) is 64.2 Å². The molecular formula is C16H30N2O. The van der Waals surface area contributed by atoms with Crippen LogP contribution in [0, 0.1) is 5.92 Å². The Morgan fingerprint density at radius 1 is 1.05 bits per heavy atom. The molecule has 0 radical (unpaired) electrons. The van der Waals surface area contributed by atoms with Crippen molar-refractivity contribution < 1.29 is 4.79 Å². The summed E-state index contributed by atoms with van der Waals surface area (Å²) >= 11 is 0. The first kappa shape index (κ1) is 14.8. The van der Waals surface area contributed by atoms with E-state index in [1.165, 1.54) is 64.6 Å². The summed E-state index contributed by atoms with van der Waals surface area (Å²) in [5.41, 5.74) is 0. The lowest BCUT2D eigenvalue weighted by molar-refractivity contribution is -0.121. The lowest BCUT2D eigenvalue weighted by Gasteiger charge is -2.14. The summed E-state index contributed by atoms with van der Waals surface area (Å²) in [5.74, 6) is 1.11. The van der Waals surface area contributed by atoms with Gasteiger partial charge in [0, 0.05) is 13.0 Å². The Kier molecular flexibility index (Phi) is 6.69. The van der Waals surface area contributed by atoms with Crippen molar-refractivity contribution in [3.8, 4) is 0 Å². The number of nitrogens with one attached hydrogen (secondary N) is 1. The predicted molar refractivity (Wildman–Crippen MR) is 79.1 cm³/mol. The minimum Gasteiger partial charge on any atom is -0.356 e. The van der Waals surface area contributed by atoms with Gasteiger partial charge in [0.1, 0.15) is 0 Å². The van der Waals surface area contributed by atoms with Crippen molar-refractivity contribution in [3.05, 3.63) is 0 Å². The van der Waals surface area contributed by atoms with Crippen molar-refractivity contribution in [2.75, 3.05) is 26.2 Å². The van der Waals surface area contributed by atoms with Crippen molar-refractivity contribution in [3.63, 3.8) is 0 Å². The molecular weight excluding hydrogens is 236 g/mol. The second-order valence-corrected chi connectivity index (χ2v) is 6.29. The van der Waals surface area contributed by atoms with Crippen LogP contribution >= 0.6 is 0 Å². The Morgan fingerprint density at radius 2 is 1.79 bits per heavy atom. The second-order valence-electron chi connectivity index (χ2n) is 6.29. The molecule has 1 saturated carbocycles. The zero-order chi connectivity index (χ0) is 13.3. The van der Waals surface area contributed by atoms with E-state index in [-0.39, 0.29) is 5.91 Å². The molecule has 0 aromatic heterocycles. The van der Waals surface area contributed by atoms with Crippen LogP contribution in [0.5, 0.6) is 0 Å². The highest BCUT2D eigenvalue weighted by Crippen LogP contribution is 2.28. The van der Waals surface area contributed by atoms with Crippen LogP contribution in [0.4, 0.5) is 0 Å². The van der Waals surface area contributed by atoms with E-state index in [2.05, 4.69) is 10.2 Å². The van der Waals surface area contributed by atoms with Crippen LogP contribution in [0.25, 0.3) is 0 Å². The van der Waals surface area contributed by atoms with E-state index in [0.717, 1.165) is 31.7 Å². The van der Waals surface area contributed by atoms with E-state index in [9.17, 15) is 4.79 Å². The molecule has 3 nitrogen and oxygen atoms in total. The van der Waals surface area contributed by atoms with E-state index < -0.39 is 0 Å². The first-order valence-corrected chi connectivity index (χ1v) is 8.33. The second kappa shape index (κ2) is 8.57. The molecule has 0 unspecified atom stereocenters. The number of hydrogen-bond donors (Lipinski definition) is 1. The van der Waals surface area contributed by atoms with Gasteiger partial charge >= 0.3 is 0 Å². The number of nitrogens with zero attached hydrogens (tertiary/aromatic N) is 1. The lowest BCUT2D eigenvalue weighted by Crippen LogP contribution is -2.26. The molecule has 110 valence electrons. The zero-order valence-electron chi connectivity index (χ0n) is 12.3. The maximum atomic E-state index is 11.7. The Hall–Kier alpha value is -0.570. The number of unbranched alkanes of at least 4 members (excludes halogenated alkanes) is 1. The number of carbonyl (C=O) groups excluding carboxylic acids is 1. The third-order valence-electron chi connectivity index (χ3n) is 4.68. The predicted octanol–water partition coefficient (Wildman–Crippen LogP) is 2.95. The van der Waals surface area contributed by atoms with E-state index in [1.807, 2.05) is 0 Å². The fraction of sp³-hybridized carbons (Fsp3) is 0.938. The molecule has 0 aromatic rings. The SMILES string of the molecule is O=C(CCC1CCCC1)NCCCCN1CCCC1. The lowest BCUT2D eigenvalue weighted by atomic mass is 10.0. The first-order valence-electron chi connectivity index (χ1n) is 8.33. The smallest absolute Gasteiger partial charge is 0.220 e. The summed E-state index contributed by atoms with van der Waals surface area (Å²) in [6.07, 6.45) is 12.4. The number of likely N-dealkylation sites (tertiary alicyclic amines) is 1. The van der Waals surface area contributed by atoms with Crippen LogP contribution in [-0.2, 0) is 4.79 Å². The summed E-state index contributed by atoms with van der Waals surface area (Å²) in [4.78, 5) is 14.2. The summed E-state index contributed by atoms with van der Waals surface area (Å²) in [5, 5.41) is 3.07. The van der Waals surface area contributed by atoms with Gasteiger partial charge in [0.05, 0.1) is 0 Å². The van der Waals surface area contributed by atoms with Crippen LogP contribution in [0.15, 0.2) is 0 Å². The maximum Gasteiger partial charge on any atom is 0.220 e. The molecule has 19 heavy (non-hydrogen) atoms. The molecule has 0 atom stereocenters. The molecule has 2 rings (SSSR count). The average Bonchev–Trinajstić information content (AvgIpc) is 3.09. The van der Waals surface area contributed by atoms with Crippen molar-refractivity contribution in [1.29, 1.82) is 0 Å². The summed E-state index contributed by atoms with van der Waals surface area (Å²) in [7, 11) is 0. The molecule has 2 fully saturated rings. The van der Waals surface area contributed by atoms with Crippen molar-refractivity contribution in [2.24, 2.45) is 5.92 Å². The molecule has 1 amide bonds. The van der Waals surface area contributed by atoms with Gasteiger partial charge in [-0.25, -0.2) is 0 Å². The maximum absolute atomic E-state index is 11.7. The molecule has 0 bridgehead atoms. The Labute approximate surface area is 118 Å². The van der Waals surface area contributed by atoms with E-state index in [0.29, 0.717) is 0 Å². The number of carbonyl (C=O) groups is 1. The average molecular weight is 266 g/mol. The van der Waals surface area contributed by atoms with Gasteiger partial charge in [-0.05, 0) is 57.7 Å². The highest BCUT2D eigenvalue weighted by atomic mass is 16.1. The van der Waals surface area contributed by atoms with Gasteiger partial charge in [-0.2, -0.15) is 0 Å². The van der Waals surface area contributed by atoms with Crippen LogP contribution in [-0.4, -0.2) is 37.0 Å². The van der Waals surface area contributed by atoms with Crippen LogP contribution in [0.2, 0.25) is 0 Å². The number of hydrogen-bond acceptors (Lipinski definition) is 2. The van der Waals surface area contributed by atoms with E-state index in [1.54, 1.807) is 0 Å². The topological polar surface area (TPSA) is 32.3 Å². The summed E-state index contributed by atoms with van der Waals surface area (Å²) in [6.45, 7) is 4.66. The molecule has 1 saturated heterocycles. The molecule has 1 aliphatic carbocycles. The molecule has 1 aliphatic heterocycles.